The first-order chi connectivity index (χ1) is 9.83. The lowest BCUT2D eigenvalue weighted by Crippen LogP contribution is -2.08. The molecule has 0 spiro atoms. The molecule has 1 aliphatic rings. The fourth-order valence-corrected chi connectivity index (χ4v) is 2.96. The molecule has 1 fully saturated rings. The van der Waals surface area contributed by atoms with Gasteiger partial charge in [-0.1, -0.05) is 119 Å². The van der Waals surface area contributed by atoms with E-state index < -0.39 is 0 Å². The van der Waals surface area contributed by atoms with Crippen molar-refractivity contribution in [3.05, 3.63) is 0 Å². The summed E-state index contributed by atoms with van der Waals surface area (Å²) >= 11 is 0. The van der Waals surface area contributed by atoms with E-state index in [9.17, 15) is 0 Å². The second-order valence-electron chi connectivity index (χ2n) is 8.34. The molecule has 0 aliphatic heterocycles. The molecule has 0 aromatic carbocycles. The summed E-state index contributed by atoms with van der Waals surface area (Å²) in [6, 6.07) is 0. The molecule has 0 atom stereocenters. The Bertz CT molecular complexity index is 153. The third kappa shape index (κ3) is 28.8. The summed E-state index contributed by atoms with van der Waals surface area (Å²) in [5.41, 5.74) is 0.522. The minimum absolute atomic E-state index is 0.522. The van der Waals surface area contributed by atoms with Gasteiger partial charge < -0.3 is 0 Å². The first-order valence-corrected chi connectivity index (χ1v) is 9.83. The van der Waals surface area contributed by atoms with Crippen molar-refractivity contribution in [2.75, 3.05) is 0 Å². The van der Waals surface area contributed by atoms with Crippen LogP contribution >= 0.6 is 0 Å². The van der Waals surface area contributed by atoms with E-state index in [1.807, 2.05) is 0 Å². The monoisotopic (exact) mass is 298 g/mol. The first-order valence-electron chi connectivity index (χ1n) is 9.83. The van der Waals surface area contributed by atoms with Crippen LogP contribution in [-0.2, 0) is 0 Å². The highest BCUT2D eigenvalue weighted by atomic mass is 14.2. The van der Waals surface area contributed by atoms with Gasteiger partial charge in [-0.3, -0.25) is 0 Å². The predicted molar refractivity (Wildman–Crippen MR) is 101 cm³/mol. The summed E-state index contributed by atoms with van der Waals surface area (Å²) < 4.78 is 0. The van der Waals surface area contributed by atoms with E-state index >= 15 is 0 Å². The summed E-state index contributed by atoms with van der Waals surface area (Å²) in [6.45, 7) is 15.9. The standard InChI is InChI=1S/C8H18.C7H16.C6H12/c1-7(2)6-8(3,4)5;1-3-5-7-6-4-2;1-2-4-6-5-3-1/h7H,6H2,1-5H3;3-7H2,1-2H3;1-6H2. The van der Waals surface area contributed by atoms with Crippen LogP contribution in [0.1, 0.15) is 126 Å². The van der Waals surface area contributed by atoms with Gasteiger partial charge >= 0.3 is 0 Å². The van der Waals surface area contributed by atoms with E-state index in [1.165, 1.54) is 77.0 Å². The Morgan fingerprint density at radius 3 is 1.14 bits per heavy atom. The molecule has 0 unspecified atom stereocenters. The Morgan fingerprint density at radius 2 is 1.00 bits per heavy atom. The van der Waals surface area contributed by atoms with Gasteiger partial charge in [0, 0.05) is 0 Å². The van der Waals surface area contributed by atoms with Crippen LogP contribution < -0.4 is 0 Å². The average Bonchev–Trinajstić information content (AvgIpc) is 2.40. The topological polar surface area (TPSA) is 0 Å². The molecule has 1 rings (SSSR count). The zero-order valence-corrected chi connectivity index (χ0v) is 16.6. The third-order valence-electron chi connectivity index (χ3n) is 3.73. The Kier molecular flexibility index (Phi) is 18.1. The lowest BCUT2D eigenvalue weighted by Gasteiger charge is -2.19. The van der Waals surface area contributed by atoms with E-state index in [2.05, 4.69) is 48.5 Å². The highest BCUT2D eigenvalue weighted by molar-refractivity contribution is 4.62. The van der Waals surface area contributed by atoms with Crippen LogP contribution in [0.3, 0.4) is 0 Å². The van der Waals surface area contributed by atoms with Crippen LogP contribution in [0.4, 0.5) is 0 Å². The highest BCUT2D eigenvalue weighted by Crippen LogP contribution is 2.23. The smallest absolute Gasteiger partial charge is 0.0380 e. The second-order valence-corrected chi connectivity index (χ2v) is 8.34. The van der Waals surface area contributed by atoms with Crippen molar-refractivity contribution in [1.82, 2.24) is 0 Å². The Hall–Kier alpha value is 0. The molecular weight excluding hydrogens is 252 g/mol. The highest BCUT2D eigenvalue weighted by Gasteiger charge is 2.11. The zero-order valence-electron chi connectivity index (χ0n) is 16.6. The number of hydrogen-bond donors (Lipinski definition) is 0. The van der Waals surface area contributed by atoms with Gasteiger partial charge in [-0.05, 0) is 17.8 Å². The van der Waals surface area contributed by atoms with E-state index in [4.69, 9.17) is 0 Å². The normalized spacial score (nSPS) is 14.9. The van der Waals surface area contributed by atoms with Crippen LogP contribution in [0.5, 0.6) is 0 Å². The third-order valence-corrected chi connectivity index (χ3v) is 3.73. The maximum atomic E-state index is 2.28. The van der Waals surface area contributed by atoms with E-state index in [0.29, 0.717) is 5.41 Å². The Labute approximate surface area is 137 Å². The fraction of sp³-hybridized carbons (Fsp3) is 1.00. The van der Waals surface area contributed by atoms with Gasteiger partial charge in [0.05, 0.1) is 0 Å². The number of unbranched alkanes of at least 4 members (excludes halogenated alkanes) is 4. The molecule has 0 aromatic rings. The fourth-order valence-electron chi connectivity index (χ4n) is 2.96. The van der Waals surface area contributed by atoms with Gasteiger partial charge in [-0.2, -0.15) is 0 Å². The minimum atomic E-state index is 0.522. The molecule has 0 nitrogen and oxygen atoms in total. The molecule has 130 valence electrons. The summed E-state index contributed by atoms with van der Waals surface area (Å²) in [5, 5.41) is 0. The quantitative estimate of drug-likeness (QED) is 0.447. The molecule has 0 bridgehead atoms. The largest absolute Gasteiger partial charge is 0.0654 e. The first kappa shape index (κ1) is 23.3. The maximum Gasteiger partial charge on any atom is -0.0380 e. The van der Waals surface area contributed by atoms with Crippen molar-refractivity contribution in [3.8, 4) is 0 Å². The molecule has 1 saturated carbocycles. The van der Waals surface area contributed by atoms with Crippen molar-refractivity contribution in [2.24, 2.45) is 11.3 Å². The summed E-state index contributed by atoms with van der Waals surface area (Å²) in [6.07, 6.45) is 17.3. The Morgan fingerprint density at radius 1 is 0.667 bits per heavy atom. The van der Waals surface area contributed by atoms with E-state index in [-0.39, 0.29) is 0 Å². The second kappa shape index (κ2) is 16.4. The van der Waals surface area contributed by atoms with Crippen LogP contribution in [0.25, 0.3) is 0 Å². The van der Waals surface area contributed by atoms with Gasteiger partial charge in [0.1, 0.15) is 0 Å². The van der Waals surface area contributed by atoms with Gasteiger partial charge in [0.15, 0.2) is 0 Å². The van der Waals surface area contributed by atoms with Crippen LogP contribution in [0.15, 0.2) is 0 Å². The van der Waals surface area contributed by atoms with Crippen molar-refractivity contribution in [3.63, 3.8) is 0 Å². The van der Waals surface area contributed by atoms with Crippen molar-refractivity contribution >= 4 is 0 Å². The van der Waals surface area contributed by atoms with Gasteiger partial charge in [0.25, 0.3) is 0 Å². The van der Waals surface area contributed by atoms with Crippen molar-refractivity contribution < 1.29 is 0 Å². The van der Waals surface area contributed by atoms with Gasteiger partial charge in [0.2, 0.25) is 0 Å². The predicted octanol–water partition coefficient (Wildman–Crippen LogP) is 8.40. The molecule has 1 aliphatic carbocycles. The molecule has 0 heteroatoms. The average molecular weight is 299 g/mol. The summed E-state index contributed by atoms with van der Waals surface area (Å²) in [5.74, 6) is 0.843. The minimum Gasteiger partial charge on any atom is -0.0654 e. The lowest BCUT2D eigenvalue weighted by molar-refractivity contribution is 0.320. The Balaban J connectivity index is 0. The van der Waals surface area contributed by atoms with Crippen LogP contribution in [0.2, 0.25) is 0 Å². The number of hydrogen-bond acceptors (Lipinski definition) is 0. The molecule has 0 saturated heterocycles. The SMILES string of the molecule is C1CCCCC1.CC(C)CC(C)(C)C.CCCCCCC. The molecular formula is C21H46. The molecule has 0 heterocycles. The summed E-state index contributed by atoms with van der Waals surface area (Å²) in [7, 11) is 0. The molecule has 0 radical (unpaired) electrons. The van der Waals surface area contributed by atoms with Crippen molar-refractivity contribution in [1.29, 1.82) is 0 Å². The summed E-state index contributed by atoms with van der Waals surface area (Å²) in [4.78, 5) is 0. The van der Waals surface area contributed by atoms with Gasteiger partial charge in [-0.15, -0.1) is 0 Å². The molecule has 0 aromatic heterocycles. The molecule has 0 N–H and O–H groups in total. The lowest BCUT2D eigenvalue weighted by atomic mass is 9.86. The van der Waals surface area contributed by atoms with Gasteiger partial charge in [-0.25, -0.2) is 0 Å². The van der Waals surface area contributed by atoms with Crippen LogP contribution in [-0.4, -0.2) is 0 Å². The zero-order chi connectivity index (χ0) is 16.6. The maximum absolute atomic E-state index is 2.28. The molecule has 0 amide bonds. The van der Waals surface area contributed by atoms with Crippen LogP contribution in [0, 0.1) is 11.3 Å². The van der Waals surface area contributed by atoms with E-state index in [0.717, 1.165) is 5.92 Å². The van der Waals surface area contributed by atoms with Crippen molar-refractivity contribution in [2.45, 2.75) is 126 Å². The van der Waals surface area contributed by atoms with E-state index in [1.54, 1.807) is 0 Å². The number of rotatable bonds is 5. The molecule has 21 heavy (non-hydrogen) atoms.